The zero-order valence-corrected chi connectivity index (χ0v) is 17.1. The van der Waals surface area contributed by atoms with Gasteiger partial charge in [-0.1, -0.05) is 13.0 Å². The molecule has 0 saturated carbocycles. The highest BCUT2D eigenvalue weighted by Gasteiger charge is 2.16. The summed E-state index contributed by atoms with van der Waals surface area (Å²) in [7, 11) is 0. The molecule has 26 heavy (non-hydrogen) atoms. The van der Waals surface area contributed by atoms with E-state index in [1.165, 1.54) is 24.2 Å². The number of amides is 1. The first-order valence-corrected chi connectivity index (χ1v) is 9.16. The van der Waals surface area contributed by atoms with Gasteiger partial charge in [-0.15, -0.1) is 36.2 Å². The number of halogens is 2. The molecule has 0 unspecified atom stereocenters. The van der Waals surface area contributed by atoms with Crippen LogP contribution in [0.4, 0.5) is 5.82 Å². The maximum absolute atomic E-state index is 12.1. The average molecular weight is 418 g/mol. The molecular weight excluding hydrogens is 393 g/mol. The van der Waals surface area contributed by atoms with Gasteiger partial charge in [0, 0.05) is 37.8 Å². The molecule has 144 valence electrons. The highest BCUT2D eigenvalue weighted by molar-refractivity contribution is 7.09. The van der Waals surface area contributed by atoms with Crippen molar-refractivity contribution in [3.8, 4) is 0 Å². The van der Waals surface area contributed by atoms with E-state index in [9.17, 15) is 4.79 Å². The fraction of sp³-hybridized carbons (Fsp3) is 0.471. The Morgan fingerprint density at radius 1 is 1.35 bits per heavy atom. The highest BCUT2D eigenvalue weighted by Crippen LogP contribution is 2.21. The molecule has 0 bridgehead atoms. The van der Waals surface area contributed by atoms with E-state index in [4.69, 9.17) is 5.73 Å². The SMILES string of the molecule is CC1CCN(c2ccc(CNC(=O)c3csc(CN)n3)cn2)CC1.Cl.Cl. The van der Waals surface area contributed by atoms with Crippen LogP contribution >= 0.6 is 36.2 Å². The summed E-state index contributed by atoms with van der Waals surface area (Å²) >= 11 is 1.40. The average Bonchev–Trinajstić information content (AvgIpc) is 3.10. The quantitative estimate of drug-likeness (QED) is 0.780. The molecule has 1 fully saturated rings. The Kier molecular flexibility index (Phi) is 9.29. The lowest BCUT2D eigenvalue weighted by molar-refractivity contribution is 0.0946. The normalized spacial score (nSPS) is 14.3. The van der Waals surface area contributed by atoms with E-state index in [1.807, 2.05) is 18.3 Å². The van der Waals surface area contributed by atoms with Crippen LogP contribution in [-0.4, -0.2) is 29.0 Å². The Hall–Kier alpha value is -1.41. The number of pyridine rings is 1. The summed E-state index contributed by atoms with van der Waals surface area (Å²) in [5.41, 5.74) is 6.92. The van der Waals surface area contributed by atoms with Gasteiger partial charge in [-0.25, -0.2) is 9.97 Å². The Morgan fingerprint density at radius 2 is 2.08 bits per heavy atom. The van der Waals surface area contributed by atoms with Crippen molar-refractivity contribution < 1.29 is 4.79 Å². The van der Waals surface area contributed by atoms with E-state index < -0.39 is 0 Å². The zero-order chi connectivity index (χ0) is 16.9. The molecule has 9 heteroatoms. The third-order valence-electron chi connectivity index (χ3n) is 4.33. The molecule has 3 heterocycles. The number of hydrogen-bond donors (Lipinski definition) is 2. The number of hydrogen-bond acceptors (Lipinski definition) is 6. The van der Waals surface area contributed by atoms with Gasteiger partial charge in [0.15, 0.2) is 0 Å². The summed E-state index contributed by atoms with van der Waals surface area (Å²) in [4.78, 5) is 23.1. The smallest absolute Gasteiger partial charge is 0.271 e. The topological polar surface area (TPSA) is 84.1 Å². The molecule has 1 aliphatic heterocycles. The van der Waals surface area contributed by atoms with Crippen molar-refractivity contribution >= 4 is 47.9 Å². The second kappa shape index (κ2) is 10.7. The number of carbonyl (C=O) groups is 1. The Morgan fingerprint density at radius 3 is 2.65 bits per heavy atom. The number of piperidine rings is 1. The van der Waals surface area contributed by atoms with Gasteiger partial charge in [-0.3, -0.25) is 4.79 Å². The van der Waals surface area contributed by atoms with E-state index in [2.05, 4.69) is 27.1 Å². The van der Waals surface area contributed by atoms with Gasteiger partial charge in [0.05, 0.1) is 0 Å². The molecular formula is C17H25Cl2N5OS. The van der Waals surface area contributed by atoms with Crippen LogP contribution in [0.25, 0.3) is 0 Å². The van der Waals surface area contributed by atoms with E-state index in [0.29, 0.717) is 18.8 Å². The first kappa shape index (κ1) is 22.6. The molecule has 1 amide bonds. The summed E-state index contributed by atoms with van der Waals surface area (Å²) in [5, 5.41) is 5.37. The Bertz CT molecular complexity index is 687. The number of anilines is 1. The van der Waals surface area contributed by atoms with Crippen LogP contribution in [0, 0.1) is 5.92 Å². The fourth-order valence-electron chi connectivity index (χ4n) is 2.73. The third-order valence-corrected chi connectivity index (χ3v) is 5.20. The van der Waals surface area contributed by atoms with E-state index in [0.717, 1.165) is 35.4 Å². The summed E-state index contributed by atoms with van der Waals surface area (Å²) < 4.78 is 0. The summed E-state index contributed by atoms with van der Waals surface area (Å²) in [6.45, 7) is 5.24. The van der Waals surface area contributed by atoms with Crippen LogP contribution in [0.1, 0.15) is 40.8 Å². The second-order valence-corrected chi connectivity index (χ2v) is 7.15. The number of aromatic nitrogens is 2. The Balaban J connectivity index is 0.00000169. The van der Waals surface area contributed by atoms with Crippen molar-refractivity contribution in [1.82, 2.24) is 15.3 Å². The zero-order valence-electron chi connectivity index (χ0n) is 14.7. The van der Waals surface area contributed by atoms with Gasteiger partial charge in [-0.05, 0) is 30.4 Å². The van der Waals surface area contributed by atoms with Crippen LogP contribution < -0.4 is 16.0 Å². The fourth-order valence-corrected chi connectivity index (χ4v) is 3.38. The number of rotatable bonds is 5. The molecule has 1 aliphatic rings. The lowest BCUT2D eigenvalue weighted by Crippen LogP contribution is -2.33. The maximum atomic E-state index is 12.1. The van der Waals surface area contributed by atoms with Crippen molar-refractivity contribution in [2.75, 3.05) is 18.0 Å². The van der Waals surface area contributed by atoms with Crippen molar-refractivity contribution in [3.05, 3.63) is 40.0 Å². The first-order valence-electron chi connectivity index (χ1n) is 8.28. The predicted octanol–water partition coefficient (Wildman–Crippen LogP) is 3.01. The molecule has 0 aliphatic carbocycles. The van der Waals surface area contributed by atoms with Gasteiger partial charge in [0.1, 0.15) is 16.5 Å². The molecule has 1 saturated heterocycles. The third kappa shape index (κ3) is 5.81. The highest BCUT2D eigenvalue weighted by atomic mass is 35.5. The van der Waals surface area contributed by atoms with Crippen LogP contribution in [0.2, 0.25) is 0 Å². The van der Waals surface area contributed by atoms with Crippen LogP contribution in [0.3, 0.4) is 0 Å². The van der Waals surface area contributed by atoms with Gasteiger partial charge in [0.2, 0.25) is 0 Å². The van der Waals surface area contributed by atoms with Gasteiger partial charge in [0.25, 0.3) is 5.91 Å². The van der Waals surface area contributed by atoms with E-state index >= 15 is 0 Å². The summed E-state index contributed by atoms with van der Waals surface area (Å²) in [6.07, 6.45) is 4.27. The lowest BCUT2D eigenvalue weighted by atomic mass is 9.99. The van der Waals surface area contributed by atoms with Gasteiger partial charge < -0.3 is 16.0 Å². The van der Waals surface area contributed by atoms with Crippen molar-refractivity contribution in [1.29, 1.82) is 0 Å². The van der Waals surface area contributed by atoms with E-state index in [1.54, 1.807) is 5.38 Å². The first-order chi connectivity index (χ1) is 11.7. The maximum Gasteiger partial charge on any atom is 0.271 e. The van der Waals surface area contributed by atoms with Crippen molar-refractivity contribution in [2.45, 2.75) is 32.9 Å². The predicted molar refractivity (Wildman–Crippen MR) is 111 cm³/mol. The van der Waals surface area contributed by atoms with Crippen LogP contribution in [0.5, 0.6) is 0 Å². The lowest BCUT2D eigenvalue weighted by Gasteiger charge is -2.31. The molecule has 3 rings (SSSR count). The minimum Gasteiger partial charge on any atom is -0.357 e. The summed E-state index contributed by atoms with van der Waals surface area (Å²) in [5.74, 6) is 1.64. The molecule has 0 aromatic carbocycles. The minimum atomic E-state index is -0.181. The molecule has 6 nitrogen and oxygen atoms in total. The van der Waals surface area contributed by atoms with Crippen molar-refractivity contribution in [2.24, 2.45) is 11.7 Å². The van der Waals surface area contributed by atoms with Gasteiger partial charge in [-0.2, -0.15) is 0 Å². The molecule has 0 radical (unpaired) electrons. The minimum absolute atomic E-state index is 0. The molecule has 0 spiro atoms. The van der Waals surface area contributed by atoms with Gasteiger partial charge >= 0.3 is 0 Å². The Labute approximate surface area is 170 Å². The number of carbonyl (C=O) groups excluding carboxylic acids is 1. The number of nitrogens with one attached hydrogen (secondary N) is 1. The number of thiazole rings is 1. The molecule has 3 N–H and O–H groups in total. The monoisotopic (exact) mass is 417 g/mol. The van der Waals surface area contributed by atoms with E-state index in [-0.39, 0.29) is 30.7 Å². The number of nitrogens with two attached hydrogens (primary N) is 1. The number of nitrogens with zero attached hydrogens (tertiary/aromatic N) is 3. The second-order valence-electron chi connectivity index (χ2n) is 6.21. The summed E-state index contributed by atoms with van der Waals surface area (Å²) in [6, 6.07) is 4.06. The van der Waals surface area contributed by atoms with Crippen molar-refractivity contribution in [3.63, 3.8) is 0 Å². The molecule has 2 aromatic heterocycles. The molecule has 0 atom stereocenters. The van der Waals surface area contributed by atoms with Crippen LogP contribution in [-0.2, 0) is 13.1 Å². The largest absolute Gasteiger partial charge is 0.357 e. The van der Waals surface area contributed by atoms with Crippen LogP contribution in [0.15, 0.2) is 23.7 Å². The standard InChI is InChI=1S/C17H23N5OS.2ClH/c1-12-4-6-22(7-5-12)15-3-2-13(9-19-15)10-20-17(23)14-11-24-16(8-18)21-14;;/h2-3,9,11-12H,4-8,10,18H2,1H3,(H,20,23);2*1H. The molecule has 2 aromatic rings.